The number of piperazine rings is 1. The highest BCUT2D eigenvalue weighted by Gasteiger charge is 2.23. The normalized spacial score (nSPS) is 21.1. The van der Waals surface area contributed by atoms with Crippen LogP contribution >= 0.6 is 0 Å². The highest BCUT2D eigenvalue weighted by molar-refractivity contribution is 5.39. The second-order valence-electron chi connectivity index (χ2n) is 3.63. The van der Waals surface area contributed by atoms with E-state index in [1.54, 1.807) is 6.20 Å². The van der Waals surface area contributed by atoms with Crippen LogP contribution in [0.15, 0.2) is 24.4 Å². The van der Waals surface area contributed by atoms with Crippen LogP contribution < -0.4 is 10.2 Å². The number of aromatic nitrogens is 1. The maximum atomic E-state index is 8.77. The molecule has 5 heteroatoms. The number of rotatable bonds is 4. The first kappa shape index (κ1) is 11.3. The van der Waals surface area contributed by atoms with E-state index in [9.17, 15) is 0 Å². The van der Waals surface area contributed by atoms with Crippen LogP contribution in [0.4, 0.5) is 5.82 Å². The van der Waals surface area contributed by atoms with Gasteiger partial charge in [-0.2, -0.15) is 0 Å². The van der Waals surface area contributed by atoms with Crippen LogP contribution in [-0.2, 0) is 4.74 Å². The average molecular weight is 223 g/mol. The van der Waals surface area contributed by atoms with Gasteiger partial charge in [-0.25, -0.2) is 4.98 Å². The summed E-state index contributed by atoms with van der Waals surface area (Å²) >= 11 is 0. The zero-order chi connectivity index (χ0) is 11.2. The molecule has 5 nitrogen and oxygen atoms in total. The first-order chi connectivity index (χ1) is 7.92. The van der Waals surface area contributed by atoms with Gasteiger partial charge in [-0.05, 0) is 12.1 Å². The minimum atomic E-state index is -0.0456. The third-order valence-corrected chi connectivity index (χ3v) is 2.54. The van der Waals surface area contributed by atoms with Crippen LogP contribution in [0.2, 0.25) is 0 Å². The summed E-state index contributed by atoms with van der Waals surface area (Å²) in [4.78, 5) is 6.43. The molecule has 1 fully saturated rings. The van der Waals surface area contributed by atoms with Crippen molar-refractivity contribution in [2.24, 2.45) is 0 Å². The fourth-order valence-electron chi connectivity index (χ4n) is 1.80. The molecule has 0 bridgehead atoms. The molecule has 1 aliphatic heterocycles. The molecule has 2 heterocycles. The summed E-state index contributed by atoms with van der Waals surface area (Å²) in [7, 11) is 0. The van der Waals surface area contributed by atoms with Crippen LogP contribution in [0.5, 0.6) is 0 Å². The minimum absolute atomic E-state index is 0.0456. The van der Waals surface area contributed by atoms with Gasteiger partial charge >= 0.3 is 0 Å². The number of ether oxygens (including phenoxy) is 1. The number of aliphatic hydroxyl groups excluding tert-OH is 1. The van der Waals surface area contributed by atoms with E-state index >= 15 is 0 Å². The van der Waals surface area contributed by atoms with E-state index in [4.69, 9.17) is 9.84 Å². The zero-order valence-corrected chi connectivity index (χ0v) is 9.17. The molecule has 0 spiro atoms. The van der Waals surface area contributed by atoms with Gasteiger partial charge in [-0.1, -0.05) is 6.07 Å². The predicted octanol–water partition coefficient (Wildman–Crippen LogP) is -0.174. The van der Waals surface area contributed by atoms with Crippen LogP contribution in [0.1, 0.15) is 0 Å². The van der Waals surface area contributed by atoms with E-state index in [0.29, 0.717) is 6.61 Å². The molecule has 1 aromatic heterocycles. The summed E-state index contributed by atoms with van der Waals surface area (Å²) < 4.78 is 5.57. The molecule has 0 radical (unpaired) electrons. The fourth-order valence-corrected chi connectivity index (χ4v) is 1.80. The van der Waals surface area contributed by atoms with Crippen molar-refractivity contribution in [2.45, 2.75) is 6.23 Å². The lowest BCUT2D eigenvalue weighted by atomic mass is 10.3. The maximum Gasteiger partial charge on any atom is 0.143 e. The Morgan fingerprint density at radius 3 is 3.25 bits per heavy atom. The highest BCUT2D eigenvalue weighted by Crippen LogP contribution is 2.15. The molecule has 1 aromatic rings. The molecule has 16 heavy (non-hydrogen) atoms. The maximum absolute atomic E-state index is 8.77. The number of nitrogens with one attached hydrogen (secondary N) is 1. The number of hydrogen-bond acceptors (Lipinski definition) is 5. The Morgan fingerprint density at radius 2 is 2.50 bits per heavy atom. The molecule has 2 rings (SSSR count). The van der Waals surface area contributed by atoms with Crippen molar-refractivity contribution in [3.05, 3.63) is 24.4 Å². The van der Waals surface area contributed by atoms with Crippen molar-refractivity contribution in [3.63, 3.8) is 0 Å². The number of aliphatic hydroxyl groups is 1. The minimum Gasteiger partial charge on any atom is -0.394 e. The molecule has 1 saturated heterocycles. The summed E-state index contributed by atoms with van der Waals surface area (Å²) in [5.41, 5.74) is 0. The van der Waals surface area contributed by atoms with E-state index in [1.165, 1.54) is 0 Å². The van der Waals surface area contributed by atoms with E-state index in [0.717, 1.165) is 25.5 Å². The van der Waals surface area contributed by atoms with Crippen LogP contribution in [0.25, 0.3) is 0 Å². The van der Waals surface area contributed by atoms with Crippen LogP contribution in [-0.4, -0.2) is 49.2 Å². The molecule has 0 aromatic carbocycles. The molecule has 1 atom stereocenters. The van der Waals surface area contributed by atoms with Crippen molar-refractivity contribution >= 4 is 5.82 Å². The molecule has 0 amide bonds. The average Bonchev–Trinajstić information content (AvgIpc) is 2.38. The van der Waals surface area contributed by atoms with Gasteiger partial charge in [0, 0.05) is 25.8 Å². The lowest BCUT2D eigenvalue weighted by Crippen LogP contribution is -2.53. The van der Waals surface area contributed by atoms with Gasteiger partial charge in [0.05, 0.1) is 13.2 Å². The predicted molar refractivity (Wildman–Crippen MR) is 61.3 cm³/mol. The largest absolute Gasteiger partial charge is 0.394 e. The molecule has 0 saturated carbocycles. The first-order valence-electron chi connectivity index (χ1n) is 5.52. The topological polar surface area (TPSA) is 57.6 Å². The van der Waals surface area contributed by atoms with Crippen LogP contribution in [0.3, 0.4) is 0 Å². The van der Waals surface area contributed by atoms with E-state index in [-0.39, 0.29) is 12.8 Å². The zero-order valence-electron chi connectivity index (χ0n) is 9.17. The van der Waals surface area contributed by atoms with Crippen molar-refractivity contribution in [3.8, 4) is 0 Å². The Balaban J connectivity index is 2.04. The van der Waals surface area contributed by atoms with E-state index in [2.05, 4.69) is 15.2 Å². The van der Waals surface area contributed by atoms with Gasteiger partial charge in [0.2, 0.25) is 0 Å². The second kappa shape index (κ2) is 5.79. The van der Waals surface area contributed by atoms with Crippen molar-refractivity contribution < 1.29 is 9.84 Å². The number of pyridine rings is 1. The highest BCUT2D eigenvalue weighted by atomic mass is 16.5. The third kappa shape index (κ3) is 2.69. The smallest absolute Gasteiger partial charge is 0.143 e. The van der Waals surface area contributed by atoms with E-state index < -0.39 is 0 Å². The lowest BCUT2D eigenvalue weighted by Gasteiger charge is -2.36. The van der Waals surface area contributed by atoms with Gasteiger partial charge in [-0.3, -0.25) is 0 Å². The summed E-state index contributed by atoms with van der Waals surface area (Å²) in [5, 5.41) is 12.0. The molecule has 2 N–H and O–H groups in total. The van der Waals surface area contributed by atoms with Gasteiger partial charge in [0.1, 0.15) is 12.0 Å². The lowest BCUT2D eigenvalue weighted by molar-refractivity contribution is 0.0207. The molecular formula is C11H17N3O2. The summed E-state index contributed by atoms with van der Waals surface area (Å²) in [6, 6.07) is 5.84. The van der Waals surface area contributed by atoms with Crippen molar-refractivity contribution in [1.82, 2.24) is 10.3 Å². The molecule has 0 aliphatic carbocycles. The Morgan fingerprint density at radius 1 is 1.56 bits per heavy atom. The van der Waals surface area contributed by atoms with E-state index in [1.807, 2.05) is 18.2 Å². The van der Waals surface area contributed by atoms with Gasteiger partial charge in [0.15, 0.2) is 0 Å². The summed E-state index contributed by atoms with van der Waals surface area (Å²) in [6.45, 7) is 2.96. The second-order valence-corrected chi connectivity index (χ2v) is 3.63. The Hall–Kier alpha value is -1.17. The Labute approximate surface area is 95.1 Å². The summed E-state index contributed by atoms with van der Waals surface area (Å²) in [5.74, 6) is 0.923. The number of hydrogen-bond donors (Lipinski definition) is 2. The number of nitrogens with zero attached hydrogens (tertiary/aromatic N) is 2. The SMILES string of the molecule is OCCOC1CNCCN1c1ccccn1. The molecule has 88 valence electrons. The fraction of sp³-hybridized carbons (Fsp3) is 0.545. The Kier molecular flexibility index (Phi) is 4.10. The third-order valence-electron chi connectivity index (χ3n) is 2.54. The van der Waals surface area contributed by atoms with Crippen molar-refractivity contribution in [1.29, 1.82) is 0 Å². The molecule has 1 unspecified atom stereocenters. The monoisotopic (exact) mass is 223 g/mol. The van der Waals surface area contributed by atoms with Gasteiger partial charge in [-0.15, -0.1) is 0 Å². The standard InChI is InChI=1S/C11H17N3O2/c15-7-8-16-11-9-12-5-6-14(11)10-3-1-2-4-13-10/h1-4,11-12,15H,5-9H2. The van der Waals surface area contributed by atoms with Gasteiger partial charge < -0.3 is 20.1 Å². The van der Waals surface area contributed by atoms with Gasteiger partial charge in [0.25, 0.3) is 0 Å². The molecular weight excluding hydrogens is 206 g/mol. The Bertz CT molecular complexity index is 307. The van der Waals surface area contributed by atoms with Crippen molar-refractivity contribution in [2.75, 3.05) is 37.7 Å². The first-order valence-corrected chi connectivity index (χ1v) is 5.52. The summed E-state index contributed by atoms with van der Waals surface area (Å²) in [6.07, 6.45) is 1.73. The number of anilines is 1. The van der Waals surface area contributed by atoms with Crippen LogP contribution in [0, 0.1) is 0 Å². The molecule has 1 aliphatic rings. The quantitative estimate of drug-likeness (QED) is 0.742.